The fourth-order valence-corrected chi connectivity index (χ4v) is 1.45. The summed E-state index contributed by atoms with van der Waals surface area (Å²) in [6.45, 7) is 0. The van der Waals surface area contributed by atoms with Gasteiger partial charge in [0.05, 0.1) is 30.8 Å². The highest BCUT2D eigenvalue weighted by Crippen LogP contribution is 2.14. The van der Waals surface area contributed by atoms with Crippen LogP contribution in [-0.4, -0.2) is 18.1 Å². The normalized spacial score (nSPS) is 9.00. The van der Waals surface area contributed by atoms with Crippen LogP contribution in [-0.2, 0) is 11.2 Å². The molecule has 1 aromatic rings. The van der Waals surface area contributed by atoms with Gasteiger partial charge in [-0.25, -0.2) is 9.78 Å². The van der Waals surface area contributed by atoms with E-state index in [-0.39, 0.29) is 6.42 Å². The summed E-state index contributed by atoms with van der Waals surface area (Å²) in [6, 6.07) is 1.93. The van der Waals surface area contributed by atoms with Gasteiger partial charge in [-0.05, 0) is 0 Å². The minimum Gasteiger partial charge on any atom is -0.465 e. The van der Waals surface area contributed by atoms with Crippen molar-refractivity contribution >= 4 is 17.3 Å². The van der Waals surface area contributed by atoms with Gasteiger partial charge < -0.3 is 4.74 Å². The number of nitrogens with zero attached hydrogens (tertiary/aromatic N) is 2. The quantitative estimate of drug-likeness (QED) is 0.640. The highest BCUT2D eigenvalue weighted by atomic mass is 32.1. The van der Waals surface area contributed by atoms with Gasteiger partial charge >= 0.3 is 5.97 Å². The maximum absolute atomic E-state index is 11.0. The summed E-state index contributed by atoms with van der Waals surface area (Å²) in [5.41, 5.74) is 2.02. The molecule has 0 saturated carbocycles. The summed E-state index contributed by atoms with van der Waals surface area (Å²) < 4.78 is 4.50. The summed E-state index contributed by atoms with van der Waals surface area (Å²) in [6.07, 6.45) is 0.147. The molecule has 1 aromatic heterocycles. The minimum absolute atomic E-state index is 0.147. The second-order valence-electron chi connectivity index (χ2n) is 1.95. The largest absolute Gasteiger partial charge is 0.465 e. The number of carbonyl (C=O) groups excluding carboxylic acids is 1. The van der Waals surface area contributed by atoms with Gasteiger partial charge in [0.15, 0.2) is 0 Å². The number of carbonyl (C=O) groups is 1. The number of rotatable bonds is 2. The molecule has 1 rings (SSSR count). The zero-order valence-electron chi connectivity index (χ0n) is 6.40. The second-order valence-corrected chi connectivity index (χ2v) is 2.81. The number of nitriles is 1. The maximum atomic E-state index is 11.0. The Bertz CT molecular complexity index is 326. The molecule has 1 heterocycles. The predicted molar refractivity (Wildman–Crippen MR) is 42.8 cm³/mol. The Balaban J connectivity index is 2.92. The van der Waals surface area contributed by atoms with E-state index in [9.17, 15) is 4.79 Å². The van der Waals surface area contributed by atoms with E-state index in [0.29, 0.717) is 10.6 Å². The number of hydrogen-bond acceptors (Lipinski definition) is 5. The summed E-state index contributed by atoms with van der Waals surface area (Å²) in [5, 5.41) is 8.38. The Morgan fingerprint density at radius 1 is 1.92 bits per heavy atom. The van der Waals surface area contributed by atoms with Gasteiger partial charge in [-0.1, -0.05) is 0 Å². The molecule has 0 spiro atoms. The molecule has 62 valence electrons. The van der Waals surface area contributed by atoms with Crippen LogP contribution >= 0.6 is 11.3 Å². The van der Waals surface area contributed by atoms with Gasteiger partial charge in [0, 0.05) is 0 Å². The van der Waals surface area contributed by atoms with Crippen molar-refractivity contribution in [1.29, 1.82) is 5.26 Å². The lowest BCUT2D eigenvalue weighted by atomic mass is 10.3. The van der Waals surface area contributed by atoms with E-state index in [1.54, 1.807) is 0 Å². The van der Waals surface area contributed by atoms with E-state index < -0.39 is 5.97 Å². The molecule has 0 unspecified atom stereocenters. The third-order valence-electron chi connectivity index (χ3n) is 1.26. The van der Waals surface area contributed by atoms with Gasteiger partial charge in [-0.2, -0.15) is 5.26 Å². The molecule has 0 amide bonds. The summed E-state index contributed by atoms with van der Waals surface area (Å²) in [4.78, 5) is 15.3. The molecule has 0 saturated heterocycles. The van der Waals surface area contributed by atoms with Gasteiger partial charge in [0.25, 0.3) is 0 Å². The zero-order valence-corrected chi connectivity index (χ0v) is 7.22. The van der Waals surface area contributed by atoms with Crippen LogP contribution in [0.2, 0.25) is 0 Å². The molecule has 0 N–H and O–H groups in total. The van der Waals surface area contributed by atoms with E-state index in [0.717, 1.165) is 0 Å². The maximum Gasteiger partial charge on any atom is 0.350 e. The number of ether oxygens (including phenoxy) is 1. The van der Waals surface area contributed by atoms with E-state index in [2.05, 4.69) is 9.72 Å². The van der Waals surface area contributed by atoms with Crippen molar-refractivity contribution < 1.29 is 9.53 Å². The molecule has 0 aliphatic carbocycles. The van der Waals surface area contributed by atoms with Crippen LogP contribution in [0.5, 0.6) is 0 Å². The van der Waals surface area contributed by atoms with Crippen LogP contribution in [0.25, 0.3) is 0 Å². The average Bonchev–Trinajstić information content (AvgIpc) is 2.52. The Morgan fingerprint density at radius 3 is 3.25 bits per heavy atom. The van der Waals surface area contributed by atoms with Crippen molar-refractivity contribution in [3.05, 3.63) is 16.1 Å². The minimum atomic E-state index is -0.428. The molecule has 0 aromatic carbocycles. The molecule has 0 atom stereocenters. The topological polar surface area (TPSA) is 63.0 Å². The smallest absolute Gasteiger partial charge is 0.350 e. The van der Waals surface area contributed by atoms with Crippen LogP contribution in [0.1, 0.15) is 15.4 Å². The SMILES string of the molecule is COC(=O)c1scnc1CC#N. The lowest BCUT2D eigenvalue weighted by molar-refractivity contribution is 0.0605. The van der Waals surface area contributed by atoms with Crippen LogP contribution in [0.4, 0.5) is 0 Å². The van der Waals surface area contributed by atoms with Crippen LogP contribution in [0.15, 0.2) is 5.51 Å². The molecule has 12 heavy (non-hydrogen) atoms. The first-order valence-corrected chi connectivity index (χ1v) is 4.05. The number of aromatic nitrogens is 1. The fraction of sp³-hybridized carbons (Fsp3) is 0.286. The Morgan fingerprint density at radius 2 is 2.67 bits per heavy atom. The first-order chi connectivity index (χ1) is 5.79. The summed E-state index contributed by atoms with van der Waals surface area (Å²) >= 11 is 1.19. The lowest BCUT2D eigenvalue weighted by Crippen LogP contribution is -2.02. The van der Waals surface area contributed by atoms with Gasteiger partial charge in [-0.15, -0.1) is 11.3 Å². The highest BCUT2D eigenvalue weighted by Gasteiger charge is 2.13. The third-order valence-corrected chi connectivity index (χ3v) is 2.11. The number of thiazole rings is 1. The van der Waals surface area contributed by atoms with Crippen molar-refractivity contribution in [2.75, 3.05) is 7.11 Å². The fourth-order valence-electron chi connectivity index (χ4n) is 0.729. The molecule has 0 bridgehead atoms. The van der Waals surface area contributed by atoms with Gasteiger partial charge in [-0.3, -0.25) is 0 Å². The predicted octanol–water partition coefficient (Wildman–Crippen LogP) is 0.996. The van der Waals surface area contributed by atoms with Crippen molar-refractivity contribution in [3.8, 4) is 6.07 Å². The molecular weight excluding hydrogens is 176 g/mol. The lowest BCUT2D eigenvalue weighted by Gasteiger charge is -1.94. The first-order valence-electron chi connectivity index (χ1n) is 3.17. The van der Waals surface area contributed by atoms with E-state index >= 15 is 0 Å². The van der Waals surface area contributed by atoms with Crippen molar-refractivity contribution in [2.45, 2.75) is 6.42 Å². The highest BCUT2D eigenvalue weighted by molar-refractivity contribution is 7.11. The molecule has 0 radical (unpaired) electrons. The molecule has 4 nitrogen and oxygen atoms in total. The molecule has 0 aliphatic heterocycles. The van der Waals surface area contributed by atoms with Crippen molar-refractivity contribution in [1.82, 2.24) is 4.98 Å². The molecule has 0 fully saturated rings. The first kappa shape index (κ1) is 8.68. The Labute approximate surface area is 73.4 Å². The average molecular weight is 182 g/mol. The third kappa shape index (κ3) is 1.60. The van der Waals surface area contributed by atoms with Crippen molar-refractivity contribution in [2.24, 2.45) is 0 Å². The monoisotopic (exact) mass is 182 g/mol. The second kappa shape index (κ2) is 3.83. The zero-order chi connectivity index (χ0) is 8.97. The van der Waals surface area contributed by atoms with E-state index in [1.165, 1.54) is 24.0 Å². The van der Waals surface area contributed by atoms with E-state index in [4.69, 9.17) is 5.26 Å². The molecular formula is C7H6N2O2S. The number of hydrogen-bond donors (Lipinski definition) is 0. The van der Waals surface area contributed by atoms with E-state index in [1.807, 2.05) is 6.07 Å². The Kier molecular flexibility index (Phi) is 2.77. The van der Waals surface area contributed by atoms with Crippen molar-refractivity contribution in [3.63, 3.8) is 0 Å². The summed E-state index contributed by atoms with van der Waals surface area (Å²) in [7, 11) is 1.30. The van der Waals surface area contributed by atoms with Gasteiger partial charge in [0.2, 0.25) is 0 Å². The van der Waals surface area contributed by atoms with Gasteiger partial charge in [0.1, 0.15) is 4.88 Å². The summed E-state index contributed by atoms with van der Waals surface area (Å²) in [5.74, 6) is -0.428. The number of methoxy groups -OCH3 is 1. The van der Waals surface area contributed by atoms with Crippen LogP contribution < -0.4 is 0 Å². The van der Waals surface area contributed by atoms with Crippen LogP contribution in [0, 0.1) is 11.3 Å². The molecule has 0 aliphatic rings. The Hall–Kier alpha value is -1.41. The molecule has 5 heteroatoms. The standard InChI is InChI=1S/C7H6N2O2S/c1-11-7(10)6-5(2-3-8)9-4-12-6/h4H,2H2,1H3. The van der Waals surface area contributed by atoms with Crippen LogP contribution in [0.3, 0.4) is 0 Å². The number of esters is 1.